The number of carbonyl (C=O) groups excluding carboxylic acids is 4. The van der Waals surface area contributed by atoms with Crippen molar-refractivity contribution < 1.29 is 42.9 Å². The molecule has 4 radical (unpaired) electrons. The maximum Gasteiger partial charge on any atom is 0.309 e. The molecule has 0 saturated carbocycles. The predicted molar refractivity (Wildman–Crippen MR) is 229 cm³/mol. The number of hydrogen-bond acceptors (Lipinski definition) is 14. The molecule has 322 valence electrons. The van der Waals surface area contributed by atoms with Crippen molar-refractivity contribution >= 4 is 63.1 Å². The summed E-state index contributed by atoms with van der Waals surface area (Å²) in [5.74, 6) is -0.551. The monoisotopic (exact) mass is 836 g/mol. The van der Waals surface area contributed by atoms with E-state index in [-0.39, 0.29) is 90.9 Å². The molecule has 0 aromatic carbocycles. The van der Waals surface area contributed by atoms with Crippen LogP contribution in [0.2, 0.25) is 5.31 Å². The normalized spacial score (nSPS) is 14.6. The molecule has 0 aliphatic carbocycles. The van der Waals surface area contributed by atoms with Gasteiger partial charge in [-0.3, -0.25) is 28.8 Å². The van der Waals surface area contributed by atoms with Gasteiger partial charge in [0.15, 0.2) is 0 Å². The lowest BCUT2D eigenvalue weighted by atomic mass is 9.67. The van der Waals surface area contributed by atoms with Gasteiger partial charge in [0.25, 0.3) is 0 Å². The van der Waals surface area contributed by atoms with E-state index >= 15 is 0 Å². The van der Waals surface area contributed by atoms with Crippen molar-refractivity contribution in [2.75, 3.05) is 57.6 Å². The fourth-order valence-corrected chi connectivity index (χ4v) is 7.88. The molecule has 0 bridgehead atoms. The van der Waals surface area contributed by atoms with Crippen LogP contribution in [-0.2, 0) is 56.0 Å². The van der Waals surface area contributed by atoms with Gasteiger partial charge in [0.2, 0.25) is 0 Å². The van der Waals surface area contributed by atoms with E-state index in [0.717, 1.165) is 6.42 Å². The van der Waals surface area contributed by atoms with Gasteiger partial charge in [-0.25, -0.2) is 0 Å². The van der Waals surface area contributed by atoms with Crippen LogP contribution in [0.5, 0.6) is 0 Å². The average Bonchev–Trinajstić information content (AvgIpc) is 3.56. The highest BCUT2D eigenvalue weighted by Gasteiger charge is 2.28. The Hall–Kier alpha value is -2.23. The molecular weight excluding hydrogens is 766 g/mol. The second-order valence-corrected chi connectivity index (χ2v) is 20.5. The first-order valence-electron chi connectivity index (χ1n) is 20.1. The van der Waals surface area contributed by atoms with Crippen molar-refractivity contribution in [3.8, 4) is 0 Å². The van der Waals surface area contributed by atoms with Gasteiger partial charge in [0, 0.05) is 65.5 Å². The fourth-order valence-electron chi connectivity index (χ4n) is 5.42. The number of hydrogen-bond donors (Lipinski definition) is 0. The van der Waals surface area contributed by atoms with Gasteiger partial charge in [0.1, 0.15) is 34.3 Å². The summed E-state index contributed by atoms with van der Waals surface area (Å²) in [6.07, 6.45) is 3.16. The lowest BCUT2D eigenvalue weighted by Gasteiger charge is -2.32. The Labute approximate surface area is 354 Å². The Morgan fingerprint density at radius 2 is 1.28 bits per heavy atom. The van der Waals surface area contributed by atoms with E-state index in [1.807, 2.05) is 46.4 Å². The molecular formula is C40H70B2N4O9S2. The Balaban J connectivity index is 2.65. The van der Waals surface area contributed by atoms with Gasteiger partial charge < -0.3 is 23.7 Å². The molecule has 0 spiro atoms. The second-order valence-electron chi connectivity index (χ2n) is 17.1. The van der Waals surface area contributed by atoms with Crippen LogP contribution in [0.15, 0.2) is 6.20 Å². The molecule has 1 aromatic heterocycles. The van der Waals surface area contributed by atoms with Crippen LogP contribution in [0.4, 0.5) is 0 Å². The highest BCUT2D eigenvalue weighted by molar-refractivity contribution is 8.00. The highest BCUT2D eigenvalue weighted by Crippen LogP contribution is 2.40. The van der Waals surface area contributed by atoms with E-state index in [9.17, 15) is 19.2 Å². The first kappa shape index (κ1) is 52.8. The molecule has 17 heteroatoms. The smallest absolute Gasteiger partial charge is 0.309 e. The average molecular weight is 837 g/mol. The summed E-state index contributed by atoms with van der Waals surface area (Å²) in [6, 6.07) is 0. The van der Waals surface area contributed by atoms with Crippen molar-refractivity contribution in [3.63, 3.8) is 0 Å². The summed E-state index contributed by atoms with van der Waals surface area (Å²) >= 11 is 3.42. The van der Waals surface area contributed by atoms with Crippen molar-refractivity contribution in [1.29, 1.82) is 0 Å². The van der Waals surface area contributed by atoms with Gasteiger partial charge in [-0.1, -0.05) is 79.8 Å². The molecule has 13 nitrogen and oxygen atoms in total. The number of esters is 4. The van der Waals surface area contributed by atoms with Crippen LogP contribution >= 0.6 is 23.5 Å². The third kappa shape index (κ3) is 24.5. The Morgan fingerprint density at radius 1 is 0.789 bits per heavy atom. The van der Waals surface area contributed by atoms with E-state index in [1.165, 1.54) is 0 Å². The zero-order chi connectivity index (χ0) is 43.5. The summed E-state index contributed by atoms with van der Waals surface area (Å²) in [5, 5.41) is 8.15. The van der Waals surface area contributed by atoms with E-state index < -0.39 is 17.4 Å². The number of thioether (sulfide) groups is 2. The minimum atomic E-state index is -0.803. The second kappa shape index (κ2) is 25.4. The van der Waals surface area contributed by atoms with Crippen LogP contribution in [0.1, 0.15) is 114 Å². The number of ether oxygens (including phenoxy) is 5. The molecule has 1 aromatic rings. The van der Waals surface area contributed by atoms with E-state index in [0.29, 0.717) is 49.2 Å². The van der Waals surface area contributed by atoms with Gasteiger partial charge in [0.05, 0.1) is 38.2 Å². The van der Waals surface area contributed by atoms with Crippen molar-refractivity contribution in [2.45, 2.75) is 142 Å². The predicted octanol–water partition coefficient (Wildman–Crippen LogP) is 6.05. The molecule has 0 saturated heterocycles. The first-order valence-corrected chi connectivity index (χ1v) is 22.1. The maximum atomic E-state index is 12.7. The maximum absolute atomic E-state index is 12.7. The fraction of sp³-hybridized carbons (Fsp3) is 0.850. The molecule has 0 N–H and O–H groups in total. The summed E-state index contributed by atoms with van der Waals surface area (Å²) in [5.41, 5.74) is -0.166. The van der Waals surface area contributed by atoms with Gasteiger partial charge >= 0.3 is 23.9 Å². The Bertz CT molecular complexity index is 1370. The molecule has 1 heterocycles. The number of aromatic nitrogens is 3. The van der Waals surface area contributed by atoms with Crippen molar-refractivity contribution in [3.05, 3.63) is 11.9 Å². The molecule has 1 rings (SSSR count). The lowest BCUT2D eigenvalue weighted by Crippen LogP contribution is -2.31. The Kier molecular flexibility index (Phi) is 23.5. The van der Waals surface area contributed by atoms with Gasteiger partial charge in [-0.2, -0.15) is 23.5 Å². The van der Waals surface area contributed by atoms with Crippen LogP contribution in [-0.4, -0.2) is 132 Å². The van der Waals surface area contributed by atoms with Crippen LogP contribution in [0.25, 0.3) is 0 Å². The standard InChI is InChI=1S/C40H70B2N4O9S2/c1-13-55-40(12,42)16-19-46-25-32(43-44-46)24-45(18-15-34(48)52-21-23-54-36(50)31(5)27-57-39(10,11)29(2)3)17-14-33(47)51-20-22-53-35(49)30(4)26-56-38(8,9)28-37(6,7)41/h25,29-31H,13-24,26-28H2,1-12H3. The highest BCUT2D eigenvalue weighted by atomic mass is 32.2. The third-order valence-corrected chi connectivity index (χ3v) is 12.7. The molecule has 57 heavy (non-hydrogen) atoms. The number of rotatable bonds is 30. The lowest BCUT2D eigenvalue weighted by molar-refractivity contribution is -0.154. The summed E-state index contributed by atoms with van der Waals surface area (Å²) in [6.45, 7) is 25.8. The van der Waals surface area contributed by atoms with E-state index in [1.54, 1.807) is 34.4 Å². The summed E-state index contributed by atoms with van der Waals surface area (Å²) in [4.78, 5) is 52.2. The van der Waals surface area contributed by atoms with Crippen LogP contribution in [0.3, 0.4) is 0 Å². The van der Waals surface area contributed by atoms with Crippen molar-refractivity contribution in [2.24, 2.45) is 17.8 Å². The largest absolute Gasteiger partial charge is 0.462 e. The molecule has 0 amide bonds. The van der Waals surface area contributed by atoms with Gasteiger partial charge in [-0.05, 0) is 32.6 Å². The molecule has 0 aliphatic rings. The molecule has 0 fully saturated rings. The van der Waals surface area contributed by atoms with Crippen LogP contribution in [0, 0.1) is 17.8 Å². The zero-order valence-corrected chi connectivity index (χ0v) is 38.5. The van der Waals surface area contributed by atoms with E-state index in [2.05, 4.69) is 51.9 Å². The number of aryl methyl sites for hydroxylation is 1. The molecule has 3 unspecified atom stereocenters. The zero-order valence-electron chi connectivity index (χ0n) is 36.9. The number of carbonyl (C=O) groups is 4. The van der Waals surface area contributed by atoms with Gasteiger partial charge in [-0.15, -0.1) is 5.10 Å². The SMILES string of the molecule is [B]C(C)(C)CC(C)(C)SCC(C)C(=O)OCCOC(=O)CCN(CCC(=O)OCCOC(=O)C(C)CSC(C)(C)C(C)C)Cc1cn(CCC([B])(C)OCC)nn1. The molecule has 0 aliphatic heterocycles. The topological polar surface area (TPSA) is 148 Å². The molecule has 3 atom stereocenters. The van der Waals surface area contributed by atoms with E-state index in [4.69, 9.17) is 39.4 Å². The number of nitrogens with zero attached hydrogens (tertiary/aromatic N) is 4. The Morgan fingerprint density at radius 3 is 1.75 bits per heavy atom. The first-order chi connectivity index (χ1) is 26.3. The van der Waals surface area contributed by atoms with Crippen LogP contribution < -0.4 is 0 Å². The summed E-state index contributed by atoms with van der Waals surface area (Å²) < 4.78 is 28.6. The quantitative estimate of drug-likeness (QED) is 0.0383. The summed E-state index contributed by atoms with van der Waals surface area (Å²) in [7, 11) is 12.4. The van der Waals surface area contributed by atoms with Crippen molar-refractivity contribution in [1.82, 2.24) is 19.9 Å². The third-order valence-electron chi connectivity index (χ3n) is 9.23. The minimum absolute atomic E-state index is 0.0252. The minimum Gasteiger partial charge on any atom is -0.462 e.